The molecule has 7 heteroatoms. The summed E-state index contributed by atoms with van der Waals surface area (Å²) in [6.45, 7) is 0. The van der Waals surface area contributed by atoms with E-state index in [0.717, 1.165) is 5.56 Å². The van der Waals surface area contributed by atoms with E-state index in [9.17, 15) is 4.79 Å². The van der Waals surface area contributed by atoms with Crippen molar-refractivity contribution >= 4 is 12.4 Å². The fraction of sp³-hybridized carbons (Fsp3) is 0. The zero-order chi connectivity index (χ0) is 13.9. The second-order valence-electron chi connectivity index (χ2n) is 4.09. The first kappa shape index (κ1) is 14.5. The molecule has 0 saturated heterocycles. The van der Waals surface area contributed by atoms with E-state index in [4.69, 9.17) is 5.26 Å². The maximum absolute atomic E-state index is 12.3. The van der Waals surface area contributed by atoms with Gasteiger partial charge >= 0.3 is 0 Å². The van der Waals surface area contributed by atoms with Gasteiger partial charge in [-0.25, -0.2) is 9.67 Å². The van der Waals surface area contributed by atoms with Crippen LogP contribution in [0.3, 0.4) is 0 Å². The van der Waals surface area contributed by atoms with Crippen molar-refractivity contribution in [1.82, 2.24) is 19.7 Å². The SMILES string of the molecule is Cl.N#Cc1ccc(-n2[nH]cc(-c3cccnc3)c2=O)nc1. The Bertz CT molecular complexity index is 830. The van der Waals surface area contributed by atoms with Crippen molar-refractivity contribution in [3.05, 3.63) is 65.0 Å². The summed E-state index contributed by atoms with van der Waals surface area (Å²) >= 11 is 0. The summed E-state index contributed by atoms with van der Waals surface area (Å²) in [7, 11) is 0. The van der Waals surface area contributed by atoms with Crippen molar-refractivity contribution in [2.45, 2.75) is 0 Å². The topological polar surface area (TPSA) is 87.4 Å². The molecule has 21 heavy (non-hydrogen) atoms. The van der Waals surface area contributed by atoms with Gasteiger partial charge in [-0.2, -0.15) is 5.26 Å². The number of pyridine rings is 2. The predicted octanol–water partition coefficient (Wildman–Crippen LogP) is 1.92. The van der Waals surface area contributed by atoms with E-state index in [-0.39, 0.29) is 18.0 Å². The minimum atomic E-state index is -0.213. The van der Waals surface area contributed by atoms with Crippen LogP contribution in [-0.4, -0.2) is 19.7 Å². The smallest absolute Gasteiger partial charge is 0.280 e. The van der Waals surface area contributed by atoms with Crippen LogP contribution in [0.25, 0.3) is 16.9 Å². The van der Waals surface area contributed by atoms with Crippen LogP contribution in [-0.2, 0) is 0 Å². The van der Waals surface area contributed by atoms with Crippen molar-refractivity contribution in [3.63, 3.8) is 0 Å². The highest BCUT2D eigenvalue weighted by Crippen LogP contribution is 2.13. The van der Waals surface area contributed by atoms with Gasteiger partial charge < -0.3 is 0 Å². The molecular formula is C14H10ClN5O. The molecule has 3 aromatic rings. The molecule has 104 valence electrons. The van der Waals surface area contributed by atoms with Gasteiger partial charge in [0.2, 0.25) is 0 Å². The Hall–Kier alpha value is -2.91. The molecule has 0 unspecified atom stereocenters. The molecule has 0 bridgehead atoms. The Labute approximate surface area is 126 Å². The van der Waals surface area contributed by atoms with Crippen molar-refractivity contribution in [2.24, 2.45) is 0 Å². The van der Waals surface area contributed by atoms with Gasteiger partial charge in [-0.1, -0.05) is 6.07 Å². The molecule has 0 radical (unpaired) electrons. The number of nitriles is 1. The molecule has 0 aromatic carbocycles. The molecule has 0 aliphatic heterocycles. The first-order chi connectivity index (χ1) is 9.79. The van der Waals surface area contributed by atoms with E-state index in [0.29, 0.717) is 16.9 Å². The van der Waals surface area contributed by atoms with Crippen molar-refractivity contribution < 1.29 is 0 Å². The number of halogens is 1. The molecule has 3 heterocycles. The number of nitrogens with one attached hydrogen (secondary N) is 1. The molecule has 0 saturated carbocycles. The molecule has 0 aliphatic carbocycles. The average Bonchev–Trinajstić information content (AvgIpc) is 2.90. The lowest BCUT2D eigenvalue weighted by atomic mass is 10.2. The third-order valence-corrected chi connectivity index (χ3v) is 2.85. The minimum absolute atomic E-state index is 0. The number of rotatable bonds is 2. The maximum Gasteiger partial charge on any atom is 0.280 e. The monoisotopic (exact) mass is 299 g/mol. The first-order valence-corrected chi connectivity index (χ1v) is 5.87. The van der Waals surface area contributed by atoms with Gasteiger partial charge in [0, 0.05) is 30.4 Å². The van der Waals surface area contributed by atoms with Gasteiger partial charge in [0.05, 0.1) is 11.1 Å². The second-order valence-corrected chi connectivity index (χ2v) is 4.09. The molecule has 6 nitrogen and oxygen atoms in total. The summed E-state index contributed by atoms with van der Waals surface area (Å²) in [5, 5.41) is 11.6. The largest absolute Gasteiger partial charge is 0.296 e. The Morgan fingerprint density at radius 2 is 2.10 bits per heavy atom. The molecule has 0 fully saturated rings. The molecular weight excluding hydrogens is 290 g/mol. The van der Waals surface area contributed by atoms with Crippen LogP contribution in [0, 0.1) is 11.3 Å². The van der Waals surface area contributed by atoms with E-state index in [1.54, 1.807) is 36.8 Å². The molecule has 3 rings (SSSR count). The molecule has 0 atom stereocenters. The standard InChI is InChI=1S/C14H9N5O.ClH/c15-6-10-3-4-13(17-7-10)19-14(20)12(9-18-19)11-2-1-5-16-8-11;/h1-5,7-9,18H;1H. The van der Waals surface area contributed by atoms with Crippen LogP contribution in [0.15, 0.2) is 53.8 Å². The highest BCUT2D eigenvalue weighted by atomic mass is 35.5. The zero-order valence-corrected chi connectivity index (χ0v) is 11.5. The Kier molecular flexibility index (Phi) is 4.16. The summed E-state index contributed by atoms with van der Waals surface area (Å²) in [5.74, 6) is 0.434. The predicted molar refractivity (Wildman–Crippen MR) is 79.4 cm³/mol. The number of hydrogen-bond donors (Lipinski definition) is 1. The van der Waals surface area contributed by atoms with Crippen LogP contribution >= 0.6 is 12.4 Å². The van der Waals surface area contributed by atoms with Gasteiger partial charge in [0.15, 0.2) is 5.82 Å². The molecule has 3 aromatic heterocycles. The molecule has 1 N–H and O–H groups in total. The Morgan fingerprint density at radius 1 is 1.24 bits per heavy atom. The van der Waals surface area contributed by atoms with Crippen LogP contribution in [0.4, 0.5) is 0 Å². The van der Waals surface area contributed by atoms with Crippen LogP contribution in [0.1, 0.15) is 5.56 Å². The fourth-order valence-electron chi connectivity index (χ4n) is 1.85. The summed E-state index contributed by atoms with van der Waals surface area (Å²) in [6, 6.07) is 8.79. The van der Waals surface area contributed by atoms with Crippen molar-refractivity contribution in [2.75, 3.05) is 0 Å². The first-order valence-electron chi connectivity index (χ1n) is 5.87. The van der Waals surface area contributed by atoms with E-state index in [1.807, 2.05) is 12.1 Å². The van der Waals surface area contributed by atoms with Gasteiger partial charge in [0.25, 0.3) is 5.56 Å². The number of hydrogen-bond acceptors (Lipinski definition) is 4. The lowest BCUT2D eigenvalue weighted by Gasteiger charge is -1.99. The number of H-pyrrole nitrogens is 1. The van der Waals surface area contributed by atoms with E-state index in [1.165, 1.54) is 10.9 Å². The van der Waals surface area contributed by atoms with Crippen LogP contribution < -0.4 is 5.56 Å². The second kappa shape index (κ2) is 6.03. The zero-order valence-electron chi connectivity index (χ0n) is 10.7. The van der Waals surface area contributed by atoms with Gasteiger partial charge in [-0.3, -0.25) is 14.9 Å². The highest BCUT2D eigenvalue weighted by molar-refractivity contribution is 5.85. The summed E-state index contributed by atoms with van der Waals surface area (Å²) in [5.41, 5.74) is 1.49. The quantitative estimate of drug-likeness (QED) is 0.783. The number of aromatic nitrogens is 4. The van der Waals surface area contributed by atoms with Crippen molar-refractivity contribution in [3.8, 4) is 23.0 Å². The molecule has 0 spiro atoms. The maximum atomic E-state index is 12.3. The molecule has 0 aliphatic rings. The Balaban J connectivity index is 0.00000161. The normalized spacial score (nSPS) is 9.67. The third kappa shape index (κ3) is 2.68. The van der Waals surface area contributed by atoms with E-state index in [2.05, 4.69) is 15.1 Å². The summed E-state index contributed by atoms with van der Waals surface area (Å²) in [4.78, 5) is 20.4. The van der Waals surface area contributed by atoms with Crippen molar-refractivity contribution in [1.29, 1.82) is 5.26 Å². The minimum Gasteiger partial charge on any atom is -0.296 e. The number of nitrogens with zero attached hydrogens (tertiary/aromatic N) is 4. The highest BCUT2D eigenvalue weighted by Gasteiger charge is 2.10. The third-order valence-electron chi connectivity index (χ3n) is 2.85. The summed E-state index contributed by atoms with van der Waals surface area (Å²) < 4.78 is 1.32. The van der Waals surface area contributed by atoms with Gasteiger partial charge in [-0.15, -0.1) is 12.4 Å². The lowest BCUT2D eigenvalue weighted by molar-refractivity contribution is 0.818. The van der Waals surface area contributed by atoms with Gasteiger partial charge in [0.1, 0.15) is 6.07 Å². The van der Waals surface area contributed by atoms with Crippen LogP contribution in [0.2, 0.25) is 0 Å². The fourth-order valence-corrected chi connectivity index (χ4v) is 1.85. The lowest BCUT2D eigenvalue weighted by Crippen LogP contribution is -2.16. The van der Waals surface area contributed by atoms with E-state index >= 15 is 0 Å². The average molecular weight is 300 g/mol. The van der Waals surface area contributed by atoms with E-state index < -0.39 is 0 Å². The Morgan fingerprint density at radius 3 is 2.71 bits per heavy atom. The van der Waals surface area contributed by atoms with Gasteiger partial charge in [-0.05, 0) is 18.2 Å². The number of aromatic amines is 1. The van der Waals surface area contributed by atoms with Crippen LogP contribution in [0.5, 0.6) is 0 Å². The summed E-state index contributed by atoms with van der Waals surface area (Å²) in [6.07, 6.45) is 6.31. The molecule has 0 amide bonds.